The molecule has 1 aromatic rings. The fourth-order valence-electron chi connectivity index (χ4n) is 2.24. The van der Waals surface area contributed by atoms with Crippen LogP contribution in [0, 0.1) is 5.41 Å². The number of Topliss-reactive ketones (excluding diaryl/α,β-unsaturated/α-hetero) is 1. The minimum Gasteiger partial charge on any atom is -0.497 e. The van der Waals surface area contributed by atoms with E-state index < -0.39 is 0 Å². The molecule has 4 nitrogen and oxygen atoms in total. The largest absolute Gasteiger partial charge is 0.497 e. The van der Waals surface area contributed by atoms with Crippen LogP contribution in [-0.2, 0) is 9.47 Å². The predicted molar refractivity (Wildman–Crippen MR) is 80.6 cm³/mol. The molecule has 0 saturated carbocycles. The van der Waals surface area contributed by atoms with E-state index in [0.717, 1.165) is 24.2 Å². The van der Waals surface area contributed by atoms with Gasteiger partial charge in [-0.2, -0.15) is 0 Å². The monoisotopic (exact) mass is 292 g/mol. The first kappa shape index (κ1) is 16.0. The zero-order valence-corrected chi connectivity index (χ0v) is 13.1. The Morgan fingerprint density at radius 2 is 1.86 bits per heavy atom. The van der Waals surface area contributed by atoms with Gasteiger partial charge in [-0.05, 0) is 37.1 Å². The molecule has 4 heteroatoms. The van der Waals surface area contributed by atoms with Crippen LogP contribution in [-0.4, -0.2) is 32.4 Å². The van der Waals surface area contributed by atoms with E-state index in [1.165, 1.54) is 0 Å². The van der Waals surface area contributed by atoms with Gasteiger partial charge in [0.2, 0.25) is 0 Å². The van der Waals surface area contributed by atoms with Gasteiger partial charge in [0.25, 0.3) is 0 Å². The zero-order valence-electron chi connectivity index (χ0n) is 13.1. The van der Waals surface area contributed by atoms with Crippen molar-refractivity contribution in [3.8, 4) is 5.75 Å². The number of benzene rings is 1. The SMILES string of the molecule is COc1ccc(C(=O)CCCC2OCC(C)(C)CO2)cc1. The van der Waals surface area contributed by atoms with Crippen molar-refractivity contribution >= 4 is 5.78 Å². The van der Waals surface area contributed by atoms with Crippen molar-refractivity contribution in [2.45, 2.75) is 39.4 Å². The van der Waals surface area contributed by atoms with E-state index in [1.54, 1.807) is 19.2 Å². The third-order valence-corrected chi connectivity index (χ3v) is 3.58. The fraction of sp³-hybridized carbons (Fsp3) is 0.588. The average molecular weight is 292 g/mol. The third-order valence-electron chi connectivity index (χ3n) is 3.58. The summed E-state index contributed by atoms with van der Waals surface area (Å²) in [4.78, 5) is 12.1. The summed E-state index contributed by atoms with van der Waals surface area (Å²) >= 11 is 0. The van der Waals surface area contributed by atoms with Crippen LogP contribution in [0.25, 0.3) is 0 Å². The van der Waals surface area contributed by atoms with Crippen molar-refractivity contribution in [1.29, 1.82) is 0 Å². The van der Waals surface area contributed by atoms with E-state index in [-0.39, 0.29) is 17.5 Å². The molecular formula is C17H24O4. The smallest absolute Gasteiger partial charge is 0.162 e. The number of hydrogen-bond donors (Lipinski definition) is 0. The summed E-state index contributed by atoms with van der Waals surface area (Å²) < 4.78 is 16.4. The fourth-order valence-corrected chi connectivity index (χ4v) is 2.24. The molecule has 2 rings (SSSR count). The molecular weight excluding hydrogens is 268 g/mol. The van der Waals surface area contributed by atoms with Crippen LogP contribution in [0.2, 0.25) is 0 Å². The van der Waals surface area contributed by atoms with Gasteiger partial charge in [0.1, 0.15) is 5.75 Å². The average Bonchev–Trinajstić information content (AvgIpc) is 2.49. The lowest BCUT2D eigenvalue weighted by Gasteiger charge is -2.34. The van der Waals surface area contributed by atoms with Gasteiger partial charge in [-0.3, -0.25) is 4.79 Å². The maximum absolute atomic E-state index is 12.1. The van der Waals surface area contributed by atoms with Crippen LogP contribution in [0.5, 0.6) is 5.75 Å². The van der Waals surface area contributed by atoms with Crippen molar-refractivity contribution in [3.05, 3.63) is 29.8 Å². The molecule has 1 aliphatic heterocycles. The van der Waals surface area contributed by atoms with Crippen LogP contribution >= 0.6 is 0 Å². The molecule has 21 heavy (non-hydrogen) atoms. The highest BCUT2D eigenvalue weighted by Crippen LogP contribution is 2.25. The molecule has 1 fully saturated rings. The highest BCUT2D eigenvalue weighted by Gasteiger charge is 2.27. The summed E-state index contributed by atoms with van der Waals surface area (Å²) in [5.41, 5.74) is 0.817. The topological polar surface area (TPSA) is 44.8 Å². The molecule has 1 aromatic carbocycles. The molecule has 116 valence electrons. The molecule has 0 radical (unpaired) electrons. The van der Waals surface area contributed by atoms with Crippen molar-refractivity contribution in [2.24, 2.45) is 5.41 Å². The number of ketones is 1. The van der Waals surface area contributed by atoms with Crippen LogP contribution in [0.4, 0.5) is 0 Å². The molecule has 0 amide bonds. The van der Waals surface area contributed by atoms with Gasteiger partial charge in [-0.25, -0.2) is 0 Å². The van der Waals surface area contributed by atoms with Crippen LogP contribution in [0.15, 0.2) is 24.3 Å². The molecule has 0 aromatic heterocycles. The van der Waals surface area contributed by atoms with Crippen LogP contribution in [0.3, 0.4) is 0 Å². The van der Waals surface area contributed by atoms with E-state index in [0.29, 0.717) is 19.6 Å². The van der Waals surface area contributed by atoms with Crippen molar-refractivity contribution in [3.63, 3.8) is 0 Å². The number of hydrogen-bond acceptors (Lipinski definition) is 4. The van der Waals surface area contributed by atoms with Gasteiger partial charge in [0, 0.05) is 17.4 Å². The molecule has 0 atom stereocenters. The highest BCUT2D eigenvalue weighted by atomic mass is 16.7. The van der Waals surface area contributed by atoms with Gasteiger partial charge >= 0.3 is 0 Å². The first-order chi connectivity index (χ1) is 10.00. The summed E-state index contributed by atoms with van der Waals surface area (Å²) in [6.45, 7) is 5.67. The standard InChI is InChI=1S/C17H24O4/c1-17(2)11-20-16(21-12-17)6-4-5-15(18)13-7-9-14(19-3)10-8-13/h7-10,16H,4-6,11-12H2,1-3H3. The number of methoxy groups -OCH3 is 1. The lowest BCUT2D eigenvalue weighted by atomic mass is 9.95. The van der Waals surface area contributed by atoms with E-state index in [4.69, 9.17) is 14.2 Å². The minimum absolute atomic E-state index is 0.0927. The molecule has 0 N–H and O–H groups in total. The Bertz CT molecular complexity index is 454. The normalized spacial score (nSPS) is 18.4. The first-order valence-electron chi connectivity index (χ1n) is 7.41. The number of ether oxygens (including phenoxy) is 3. The Morgan fingerprint density at radius 1 is 1.24 bits per heavy atom. The summed E-state index contributed by atoms with van der Waals surface area (Å²) in [5.74, 6) is 0.909. The third kappa shape index (κ3) is 4.83. The molecule has 1 aliphatic rings. The molecule has 0 spiro atoms. The van der Waals surface area contributed by atoms with Crippen molar-refractivity contribution in [2.75, 3.05) is 20.3 Å². The van der Waals surface area contributed by atoms with Gasteiger partial charge in [-0.15, -0.1) is 0 Å². The second kappa shape index (κ2) is 7.05. The summed E-state index contributed by atoms with van der Waals surface area (Å²) in [6, 6.07) is 7.22. The van der Waals surface area contributed by atoms with Crippen molar-refractivity contribution < 1.29 is 19.0 Å². The van der Waals surface area contributed by atoms with Crippen molar-refractivity contribution in [1.82, 2.24) is 0 Å². The Labute approximate surface area is 126 Å². The maximum Gasteiger partial charge on any atom is 0.162 e. The minimum atomic E-state index is -0.165. The van der Waals surface area contributed by atoms with E-state index >= 15 is 0 Å². The Hall–Kier alpha value is -1.39. The maximum atomic E-state index is 12.1. The highest BCUT2D eigenvalue weighted by molar-refractivity contribution is 5.96. The van der Waals surface area contributed by atoms with Gasteiger partial charge in [-0.1, -0.05) is 13.8 Å². The summed E-state index contributed by atoms with van der Waals surface area (Å²) in [7, 11) is 1.61. The summed E-state index contributed by atoms with van der Waals surface area (Å²) in [6.07, 6.45) is 1.88. The van der Waals surface area contributed by atoms with Gasteiger partial charge < -0.3 is 14.2 Å². The predicted octanol–water partition coefficient (Wildman–Crippen LogP) is 3.45. The van der Waals surface area contributed by atoms with Gasteiger partial charge in [0.05, 0.1) is 20.3 Å². The Kier molecular flexibility index (Phi) is 5.37. The Balaban J connectivity index is 1.72. The first-order valence-corrected chi connectivity index (χ1v) is 7.41. The quantitative estimate of drug-likeness (QED) is 0.753. The number of carbonyl (C=O) groups is 1. The molecule has 1 saturated heterocycles. The second-order valence-electron chi connectivity index (χ2n) is 6.26. The van der Waals surface area contributed by atoms with Crippen LogP contribution < -0.4 is 4.74 Å². The number of carbonyl (C=O) groups excluding carboxylic acids is 1. The van der Waals surface area contributed by atoms with E-state index in [1.807, 2.05) is 12.1 Å². The van der Waals surface area contributed by atoms with Gasteiger partial charge in [0.15, 0.2) is 12.1 Å². The lowest BCUT2D eigenvalue weighted by molar-refractivity contribution is -0.223. The lowest BCUT2D eigenvalue weighted by Crippen LogP contribution is -2.37. The van der Waals surface area contributed by atoms with E-state index in [9.17, 15) is 4.79 Å². The van der Waals surface area contributed by atoms with E-state index in [2.05, 4.69) is 13.8 Å². The number of rotatable bonds is 6. The zero-order chi connectivity index (χ0) is 15.3. The van der Waals surface area contributed by atoms with Crippen LogP contribution in [0.1, 0.15) is 43.5 Å². The molecule has 0 unspecified atom stereocenters. The Morgan fingerprint density at radius 3 is 2.43 bits per heavy atom. The second-order valence-corrected chi connectivity index (χ2v) is 6.26. The molecule has 0 aliphatic carbocycles. The molecule has 0 bridgehead atoms. The molecule has 1 heterocycles. The summed E-state index contributed by atoms with van der Waals surface area (Å²) in [5, 5.41) is 0.